The van der Waals surface area contributed by atoms with Gasteiger partial charge in [0.05, 0.1) is 36.6 Å². The fourth-order valence-electron chi connectivity index (χ4n) is 3.32. The van der Waals surface area contributed by atoms with Crippen LogP contribution in [0.3, 0.4) is 0 Å². The van der Waals surface area contributed by atoms with Gasteiger partial charge in [0, 0.05) is 0 Å². The minimum atomic E-state index is -0.642. The molecule has 1 aliphatic heterocycles. The SMILES string of the molecule is COC(=O)c1ccoc1COC(=O)c1cccc(CN2C(=O)c3ccccc3C2=O)c1. The van der Waals surface area contributed by atoms with Crippen LogP contribution in [-0.4, -0.2) is 35.8 Å². The summed E-state index contributed by atoms with van der Waals surface area (Å²) in [5, 5.41) is 0. The number of nitrogens with zero attached hydrogens (tertiary/aromatic N) is 1. The number of amides is 2. The van der Waals surface area contributed by atoms with Crippen molar-refractivity contribution in [2.45, 2.75) is 13.2 Å². The number of methoxy groups -OCH3 is 1. The van der Waals surface area contributed by atoms with E-state index < -0.39 is 11.9 Å². The Labute approximate surface area is 177 Å². The second-order valence-corrected chi connectivity index (χ2v) is 6.77. The highest BCUT2D eigenvalue weighted by molar-refractivity contribution is 6.21. The molecule has 0 bridgehead atoms. The zero-order chi connectivity index (χ0) is 22.0. The molecule has 8 heteroatoms. The molecular weight excluding hydrogens is 402 g/mol. The summed E-state index contributed by atoms with van der Waals surface area (Å²) in [6.45, 7) is -0.225. The molecular formula is C23H17NO7. The molecule has 4 rings (SSSR count). The fraction of sp³-hybridized carbons (Fsp3) is 0.130. The predicted octanol–water partition coefficient (Wildman–Crippen LogP) is 3.22. The predicted molar refractivity (Wildman–Crippen MR) is 106 cm³/mol. The molecule has 2 amide bonds. The molecule has 0 spiro atoms. The number of hydrogen-bond acceptors (Lipinski definition) is 7. The molecule has 31 heavy (non-hydrogen) atoms. The van der Waals surface area contributed by atoms with Crippen LogP contribution in [0.4, 0.5) is 0 Å². The van der Waals surface area contributed by atoms with Gasteiger partial charge in [-0.1, -0.05) is 24.3 Å². The summed E-state index contributed by atoms with van der Waals surface area (Å²) in [4.78, 5) is 50.4. The van der Waals surface area contributed by atoms with Gasteiger partial charge in [-0.3, -0.25) is 14.5 Å². The van der Waals surface area contributed by atoms with Gasteiger partial charge in [0.15, 0.2) is 12.4 Å². The van der Waals surface area contributed by atoms with Crippen LogP contribution in [0.25, 0.3) is 0 Å². The van der Waals surface area contributed by atoms with Crippen LogP contribution in [-0.2, 0) is 22.6 Å². The van der Waals surface area contributed by atoms with E-state index in [-0.39, 0.29) is 41.9 Å². The van der Waals surface area contributed by atoms with Crippen molar-refractivity contribution in [2.24, 2.45) is 0 Å². The number of hydrogen-bond donors (Lipinski definition) is 0. The van der Waals surface area contributed by atoms with E-state index in [4.69, 9.17) is 9.15 Å². The van der Waals surface area contributed by atoms with Gasteiger partial charge in [-0.2, -0.15) is 0 Å². The number of rotatable bonds is 6. The van der Waals surface area contributed by atoms with Crippen molar-refractivity contribution < 1.29 is 33.1 Å². The lowest BCUT2D eigenvalue weighted by Gasteiger charge is -2.14. The minimum absolute atomic E-state index is 0.0259. The largest absolute Gasteiger partial charge is 0.465 e. The number of esters is 2. The average molecular weight is 419 g/mol. The maximum absolute atomic E-state index is 12.5. The Morgan fingerprint density at radius 2 is 1.65 bits per heavy atom. The molecule has 0 unspecified atom stereocenters. The van der Waals surface area contributed by atoms with Crippen LogP contribution in [0.5, 0.6) is 0 Å². The first-order valence-corrected chi connectivity index (χ1v) is 9.35. The highest BCUT2D eigenvalue weighted by atomic mass is 16.5. The number of imide groups is 1. The lowest BCUT2D eigenvalue weighted by atomic mass is 10.1. The summed E-state index contributed by atoms with van der Waals surface area (Å²) in [6.07, 6.45) is 1.30. The van der Waals surface area contributed by atoms with Crippen molar-refractivity contribution in [2.75, 3.05) is 7.11 Å². The van der Waals surface area contributed by atoms with Crippen LogP contribution in [0.15, 0.2) is 65.3 Å². The summed E-state index contributed by atoms with van der Waals surface area (Å²) in [6, 6.07) is 14.5. The number of carbonyl (C=O) groups is 4. The van der Waals surface area contributed by atoms with Gasteiger partial charge in [0.1, 0.15) is 5.56 Å². The van der Waals surface area contributed by atoms with Crippen LogP contribution in [0.1, 0.15) is 52.8 Å². The Bertz CT molecular complexity index is 1160. The molecule has 1 aliphatic rings. The zero-order valence-corrected chi connectivity index (χ0v) is 16.5. The Morgan fingerprint density at radius 3 is 2.32 bits per heavy atom. The van der Waals surface area contributed by atoms with Crippen LogP contribution in [0, 0.1) is 0 Å². The maximum Gasteiger partial charge on any atom is 0.341 e. The van der Waals surface area contributed by atoms with Crippen molar-refractivity contribution in [3.05, 3.63) is 94.4 Å². The molecule has 0 atom stereocenters. The summed E-state index contributed by atoms with van der Waals surface area (Å²) >= 11 is 0. The van der Waals surface area contributed by atoms with E-state index in [1.54, 1.807) is 48.5 Å². The molecule has 0 saturated heterocycles. The third-order valence-corrected chi connectivity index (χ3v) is 4.87. The van der Waals surface area contributed by atoms with E-state index in [1.807, 2.05) is 0 Å². The van der Waals surface area contributed by atoms with Crippen molar-refractivity contribution in [1.82, 2.24) is 4.90 Å². The van der Waals surface area contributed by atoms with E-state index >= 15 is 0 Å². The lowest BCUT2D eigenvalue weighted by molar-refractivity contribution is 0.0432. The third-order valence-electron chi connectivity index (χ3n) is 4.87. The zero-order valence-electron chi connectivity index (χ0n) is 16.5. The molecule has 0 fully saturated rings. The molecule has 0 radical (unpaired) electrons. The quantitative estimate of drug-likeness (QED) is 0.446. The standard InChI is InChI=1S/C23H17NO7/c1-29-23(28)18-9-10-30-19(18)13-31-22(27)15-6-4-5-14(11-15)12-24-20(25)16-7-2-3-8-17(16)21(24)26/h2-11H,12-13H2,1H3. The molecule has 3 aromatic rings. The Hall–Kier alpha value is -4.20. The van der Waals surface area contributed by atoms with Gasteiger partial charge in [-0.25, -0.2) is 9.59 Å². The summed E-state index contributed by atoms with van der Waals surface area (Å²) in [5.74, 6) is -1.81. The fourth-order valence-corrected chi connectivity index (χ4v) is 3.32. The van der Waals surface area contributed by atoms with Crippen LogP contribution in [0.2, 0.25) is 0 Å². The number of carbonyl (C=O) groups excluding carboxylic acids is 4. The van der Waals surface area contributed by atoms with Crippen molar-refractivity contribution in [1.29, 1.82) is 0 Å². The normalized spacial score (nSPS) is 12.6. The molecule has 2 heterocycles. The van der Waals surface area contributed by atoms with Gasteiger partial charge in [-0.15, -0.1) is 0 Å². The average Bonchev–Trinajstić information content (AvgIpc) is 3.36. The number of benzene rings is 2. The third kappa shape index (κ3) is 3.83. The summed E-state index contributed by atoms with van der Waals surface area (Å²) in [5.41, 5.74) is 1.73. The van der Waals surface area contributed by atoms with E-state index in [0.29, 0.717) is 16.7 Å². The van der Waals surface area contributed by atoms with Gasteiger partial charge in [-0.05, 0) is 35.9 Å². The van der Waals surface area contributed by atoms with Gasteiger partial charge >= 0.3 is 11.9 Å². The first-order chi connectivity index (χ1) is 15.0. The topological polar surface area (TPSA) is 103 Å². The molecule has 0 N–H and O–H groups in total. The first-order valence-electron chi connectivity index (χ1n) is 9.35. The summed E-state index contributed by atoms with van der Waals surface area (Å²) in [7, 11) is 1.24. The van der Waals surface area contributed by atoms with Gasteiger partial charge < -0.3 is 13.9 Å². The van der Waals surface area contributed by atoms with E-state index in [9.17, 15) is 19.2 Å². The molecule has 0 aliphatic carbocycles. The number of furan rings is 1. The smallest absolute Gasteiger partial charge is 0.341 e. The lowest BCUT2D eigenvalue weighted by Crippen LogP contribution is -2.29. The summed E-state index contributed by atoms with van der Waals surface area (Å²) < 4.78 is 15.1. The molecule has 156 valence electrons. The van der Waals surface area contributed by atoms with Crippen molar-refractivity contribution >= 4 is 23.8 Å². The minimum Gasteiger partial charge on any atom is -0.465 e. The monoisotopic (exact) mass is 419 g/mol. The molecule has 8 nitrogen and oxygen atoms in total. The Morgan fingerprint density at radius 1 is 0.935 bits per heavy atom. The second-order valence-electron chi connectivity index (χ2n) is 6.77. The van der Waals surface area contributed by atoms with E-state index in [1.165, 1.54) is 19.4 Å². The van der Waals surface area contributed by atoms with Crippen LogP contribution < -0.4 is 0 Å². The maximum atomic E-state index is 12.5. The van der Waals surface area contributed by atoms with Crippen LogP contribution >= 0.6 is 0 Å². The molecule has 1 aromatic heterocycles. The number of ether oxygens (including phenoxy) is 2. The Kier molecular flexibility index (Phi) is 5.36. The van der Waals surface area contributed by atoms with Crippen molar-refractivity contribution in [3.63, 3.8) is 0 Å². The second kappa shape index (κ2) is 8.27. The highest BCUT2D eigenvalue weighted by Gasteiger charge is 2.35. The number of fused-ring (bicyclic) bond motifs is 1. The van der Waals surface area contributed by atoms with E-state index in [0.717, 1.165) is 4.90 Å². The molecule has 2 aromatic carbocycles. The van der Waals surface area contributed by atoms with Gasteiger partial charge in [0.25, 0.3) is 11.8 Å². The first kappa shape index (κ1) is 20.1. The highest BCUT2D eigenvalue weighted by Crippen LogP contribution is 2.24. The van der Waals surface area contributed by atoms with Gasteiger partial charge in [0.2, 0.25) is 0 Å². The Balaban J connectivity index is 1.45. The van der Waals surface area contributed by atoms with Crippen molar-refractivity contribution in [3.8, 4) is 0 Å². The molecule has 0 saturated carbocycles. The van der Waals surface area contributed by atoms with E-state index in [2.05, 4.69) is 4.74 Å².